The van der Waals surface area contributed by atoms with Gasteiger partial charge in [0.25, 0.3) is 5.56 Å². The summed E-state index contributed by atoms with van der Waals surface area (Å²) in [7, 11) is 0. The fraction of sp³-hybridized carbons (Fsp3) is 0.286. The van der Waals surface area contributed by atoms with Gasteiger partial charge >= 0.3 is 0 Å². The van der Waals surface area contributed by atoms with Gasteiger partial charge in [0.1, 0.15) is 5.76 Å². The Balaban J connectivity index is 1.51. The molecule has 5 aromatic rings. The van der Waals surface area contributed by atoms with Crippen LogP contribution in [0.5, 0.6) is 0 Å². The average Bonchev–Trinajstić information content (AvgIpc) is 3.55. The summed E-state index contributed by atoms with van der Waals surface area (Å²) in [5, 5.41) is 13.7. The van der Waals surface area contributed by atoms with Gasteiger partial charge in [-0.25, -0.2) is 4.68 Å². The molecule has 0 saturated heterocycles. The molecule has 8 nitrogen and oxygen atoms in total. The van der Waals surface area contributed by atoms with Gasteiger partial charge in [0.2, 0.25) is 0 Å². The largest absolute Gasteiger partial charge is 0.468 e. The maximum atomic E-state index is 13.1. The Bertz CT molecular complexity index is 1500. The molecule has 1 atom stereocenters. The summed E-state index contributed by atoms with van der Waals surface area (Å²) in [6, 6.07) is 20.0. The molecule has 0 aliphatic heterocycles. The monoisotopic (exact) mass is 482 g/mol. The van der Waals surface area contributed by atoms with Gasteiger partial charge in [-0.05, 0) is 83.1 Å². The Morgan fingerprint density at radius 1 is 1.03 bits per heavy atom. The summed E-state index contributed by atoms with van der Waals surface area (Å²) in [6.45, 7) is 7.77. The number of H-pyrrole nitrogens is 1. The number of pyridine rings is 1. The first kappa shape index (κ1) is 23.7. The van der Waals surface area contributed by atoms with Crippen molar-refractivity contribution in [2.45, 2.75) is 52.9 Å². The van der Waals surface area contributed by atoms with Crippen molar-refractivity contribution in [2.24, 2.45) is 0 Å². The Kier molecular flexibility index (Phi) is 6.77. The molecular formula is C28H30N6O2. The first-order valence-electron chi connectivity index (χ1n) is 12.2. The normalized spacial score (nSPS) is 12.4. The van der Waals surface area contributed by atoms with Crippen molar-refractivity contribution in [1.29, 1.82) is 0 Å². The number of aromatic amines is 1. The molecule has 8 heteroatoms. The molecule has 0 aliphatic rings. The van der Waals surface area contributed by atoms with Gasteiger partial charge in [-0.3, -0.25) is 9.69 Å². The van der Waals surface area contributed by atoms with Crippen LogP contribution in [-0.4, -0.2) is 30.1 Å². The molecule has 1 N–H and O–H groups in total. The van der Waals surface area contributed by atoms with Crippen molar-refractivity contribution in [1.82, 2.24) is 30.1 Å². The minimum Gasteiger partial charge on any atom is -0.468 e. The Labute approximate surface area is 209 Å². The number of hydrogen-bond donors (Lipinski definition) is 1. The lowest BCUT2D eigenvalue weighted by atomic mass is 10.0. The van der Waals surface area contributed by atoms with E-state index >= 15 is 0 Å². The molecule has 36 heavy (non-hydrogen) atoms. The third-order valence-corrected chi connectivity index (χ3v) is 6.71. The van der Waals surface area contributed by atoms with Crippen LogP contribution in [0.2, 0.25) is 0 Å². The lowest BCUT2D eigenvalue weighted by Crippen LogP contribution is -2.32. The highest BCUT2D eigenvalue weighted by molar-refractivity contribution is 5.80. The van der Waals surface area contributed by atoms with Crippen LogP contribution in [0.4, 0.5) is 0 Å². The fourth-order valence-electron chi connectivity index (χ4n) is 4.66. The minimum atomic E-state index is -0.122. The van der Waals surface area contributed by atoms with Crippen molar-refractivity contribution in [3.63, 3.8) is 0 Å². The summed E-state index contributed by atoms with van der Waals surface area (Å²) in [5.74, 6) is 1.58. The molecule has 3 aromatic heterocycles. The van der Waals surface area contributed by atoms with E-state index in [2.05, 4.69) is 64.4 Å². The van der Waals surface area contributed by atoms with E-state index in [9.17, 15) is 4.79 Å². The molecule has 184 valence electrons. The topological polar surface area (TPSA) is 92.8 Å². The van der Waals surface area contributed by atoms with E-state index in [0.717, 1.165) is 40.0 Å². The van der Waals surface area contributed by atoms with E-state index in [1.807, 2.05) is 47.1 Å². The van der Waals surface area contributed by atoms with Gasteiger partial charge in [0.05, 0.1) is 25.4 Å². The van der Waals surface area contributed by atoms with Crippen LogP contribution >= 0.6 is 0 Å². The molecule has 0 saturated carbocycles. The van der Waals surface area contributed by atoms with E-state index in [0.29, 0.717) is 25.2 Å². The zero-order valence-corrected chi connectivity index (χ0v) is 20.8. The van der Waals surface area contributed by atoms with Crippen LogP contribution in [0.25, 0.3) is 10.9 Å². The van der Waals surface area contributed by atoms with Crippen LogP contribution in [0.1, 0.15) is 53.2 Å². The molecule has 0 spiro atoms. The smallest absolute Gasteiger partial charge is 0.252 e. The predicted molar refractivity (Wildman–Crippen MR) is 138 cm³/mol. The highest BCUT2D eigenvalue weighted by Gasteiger charge is 2.27. The van der Waals surface area contributed by atoms with Gasteiger partial charge in [-0.2, -0.15) is 0 Å². The lowest BCUT2D eigenvalue weighted by Gasteiger charge is -2.29. The maximum absolute atomic E-state index is 13.1. The Hall–Kier alpha value is -4.04. The van der Waals surface area contributed by atoms with Crippen molar-refractivity contribution in [3.8, 4) is 0 Å². The zero-order valence-electron chi connectivity index (χ0n) is 20.8. The van der Waals surface area contributed by atoms with Crippen LogP contribution in [0.15, 0.2) is 76.1 Å². The van der Waals surface area contributed by atoms with Crippen LogP contribution in [0.3, 0.4) is 0 Å². The van der Waals surface area contributed by atoms with E-state index < -0.39 is 0 Å². The number of rotatable bonds is 9. The number of nitrogens with one attached hydrogen (secondary N) is 1. The first-order valence-corrected chi connectivity index (χ1v) is 12.2. The number of nitrogens with zero attached hydrogens (tertiary/aromatic N) is 5. The van der Waals surface area contributed by atoms with Crippen LogP contribution < -0.4 is 5.56 Å². The molecule has 0 radical (unpaired) electrons. The lowest BCUT2D eigenvalue weighted by molar-refractivity contribution is 0.149. The molecule has 0 aliphatic carbocycles. The van der Waals surface area contributed by atoms with Crippen molar-refractivity contribution >= 4 is 10.9 Å². The summed E-state index contributed by atoms with van der Waals surface area (Å²) < 4.78 is 7.53. The highest BCUT2D eigenvalue weighted by Crippen LogP contribution is 2.27. The second-order valence-corrected chi connectivity index (χ2v) is 9.24. The second kappa shape index (κ2) is 10.3. The number of furan rings is 1. The third-order valence-electron chi connectivity index (χ3n) is 6.71. The summed E-state index contributed by atoms with van der Waals surface area (Å²) in [4.78, 5) is 18.4. The molecule has 0 fully saturated rings. The van der Waals surface area contributed by atoms with Gasteiger partial charge in [0.15, 0.2) is 5.82 Å². The molecular weight excluding hydrogens is 452 g/mol. The predicted octanol–water partition coefficient (Wildman–Crippen LogP) is 4.93. The number of aromatic nitrogens is 5. The highest BCUT2D eigenvalue weighted by atomic mass is 16.3. The SMILES string of the molecule is CCC(c1nnnn1Cc1ccccc1)N(Cc1ccco1)Cc1cc2cc(C)c(C)cc2[nH]c1=O. The Morgan fingerprint density at radius 3 is 2.58 bits per heavy atom. The van der Waals surface area contributed by atoms with Gasteiger partial charge in [-0.15, -0.1) is 5.10 Å². The van der Waals surface area contributed by atoms with Gasteiger partial charge in [-0.1, -0.05) is 37.3 Å². The van der Waals surface area contributed by atoms with Crippen LogP contribution in [-0.2, 0) is 19.6 Å². The van der Waals surface area contributed by atoms with E-state index in [4.69, 9.17) is 4.42 Å². The number of tetrazole rings is 1. The van der Waals surface area contributed by atoms with Gasteiger partial charge < -0.3 is 9.40 Å². The van der Waals surface area contributed by atoms with Crippen molar-refractivity contribution in [3.05, 3.63) is 111 Å². The van der Waals surface area contributed by atoms with E-state index in [-0.39, 0.29) is 11.6 Å². The van der Waals surface area contributed by atoms with Crippen LogP contribution in [0, 0.1) is 13.8 Å². The molecule has 5 rings (SSSR count). The standard InChI is InChI=1S/C28H30N6O2/c1-4-26(27-30-31-32-34(27)16-21-9-6-5-7-10-21)33(18-24-11-8-12-36-24)17-23-15-22-13-19(2)20(3)14-25(22)29-28(23)35/h5-15,26H,4,16-18H2,1-3H3,(H,29,35). The average molecular weight is 483 g/mol. The van der Waals surface area contributed by atoms with E-state index in [1.54, 1.807) is 6.26 Å². The van der Waals surface area contributed by atoms with E-state index in [1.165, 1.54) is 5.56 Å². The third kappa shape index (κ3) is 4.99. The zero-order chi connectivity index (χ0) is 25.1. The minimum absolute atomic E-state index is 0.0890. The fourth-order valence-corrected chi connectivity index (χ4v) is 4.66. The molecule has 0 amide bonds. The van der Waals surface area contributed by atoms with Crippen molar-refractivity contribution < 1.29 is 4.42 Å². The Morgan fingerprint density at radius 2 is 1.83 bits per heavy atom. The maximum Gasteiger partial charge on any atom is 0.252 e. The first-order chi connectivity index (χ1) is 17.5. The quantitative estimate of drug-likeness (QED) is 0.320. The summed E-state index contributed by atoms with van der Waals surface area (Å²) >= 11 is 0. The molecule has 1 unspecified atom stereocenters. The number of benzene rings is 2. The molecule has 0 bridgehead atoms. The summed E-state index contributed by atoms with van der Waals surface area (Å²) in [5.41, 5.74) is 4.92. The summed E-state index contributed by atoms with van der Waals surface area (Å²) in [6.07, 6.45) is 2.43. The molecule has 2 aromatic carbocycles. The number of aryl methyl sites for hydroxylation is 2. The molecule has 3 heterocycles. The second-order valence-electron chi connectivity index (χ2n) is 9.24. The number of hydrogen-bond acceptors (Lipinski definition) is 6. The number of fused-ring (bicyclic) bond motifs is 1. The van der Waals surface area contributed by atoms with Gasteiger partial charge in [0, 0.05) is 17.6 Å². The van der Waals surface area contributed by atoms with Crippen molar-refractivity contribution in [2.75, 3.05) is 0 Å².